The fourth-order valence-electron chi connectivity index (χ4n) is 0.985. The van der Waals surface area contributed by atoms with E-state index in [4.69, 9.17) is 5.26 Å². The van der Waals surface area contributed by atoms with Crippen molar-refractivity contribution in [3.05, 3.63) is 35.4 Å². The Morgan fingerprint density at radius 1 is 1.38 bits per heavy atom. The predicted molar refractivity (Wildman–Crippen MR) is 53.2 cm³/mol. The van der Waals surface area contributed by atoms with Gasteiger partial charge in [-0.05, 0) is 31.0 Å². The average molecular weight is 171 g/mol. The molecule has 3 nitrogen and oxygen atoms in total. The summed E-state index contributed by atoms with van der Waals surface area (Å²) in [6.07, 6.45) is 0. The van der Waals surface area contributed by atoms with Crippen molar-refractivity contribution in [2.24, 2.45) is 9.98 Å². The first-order valence-electron chi connectivity index (χ1n) is 3.76. The van der Waals surface area contributed by atoms with Gasteiger partial charge >= 0.3 is 0 Å². The first-order chi connectivity index (χ1) is 6.31. The number of aliphatic imine (C=N–C) groups is 2. The molecule has 0 N–H and O–H groups in total. The van der Waals surface area contributed by atoms with Gasteiger partial charge in [0.2, 0.25) is 0 Å². The molecule has 0 saturated heterocycles. The zero-order valence-corrected chi connectivity index (χ0v) is 7.36. The van der Waals surface area contributed by atoms with E-state index in [2.05, 4.69) is 16.7 Å². The molecule has 64 valence electrons. The number of hydrogen-bond donors (Lipinski definition) is 0. The highest BCUT2D eigenvalue weighted by atomic mass is 14.9. The predicted octanol–water partition coefficient (Wildman–Crippen LogP) is 1.64. The van der Waals surface area contributed by atoms with E-state index in [1.54, 1.807) is 31.3 Å². The number of benzene rings is 1. The standard InChI is InChI=1S/C10H9N3/c1-12-10(13-2)9-5-3-8(7-11)4-6-9/h3-6H,1H2,2H3. The molecule has 0 aromatic heterocycles. The van der Waals surface area contributed by atoms with Crippen LogP contribution in [0.1, 0.15) is 11.1 Å². The van der Waals surface area contributed by atoms with Crippen molar-refractivity contribution in [3.63, 3.8) is 0 Å². The van der Waals surface area contributed by atoms with Crippen molar-refractivity contribution >= 4 is 12.6 Å². The molecule has 13 heavy (non-hydrogen) atoms. The van der Waals surface area contributed by atoms with Gasteiger partial charge in [-0.3, -0.25) is 4.99 Å². The minimum absolute atomic E-state index is 0.587. The summed E-state index contributed by atoms with van der Waals surface area (Å²) in [6, 6.07) is 9.10. The van der Waals surface area contributed by atoms with Gasteiger partial charge in [-0.15, -0.1) is 0 Å². The van der Waals surface area contributed by atoms with Crippen LogP contribution in [0.2, 0.25) is 0 Å². The first kappa shape index (κ1) is 9.14. The lowest BCUT2D eigenvalue weighted by Gasteiger charge is -1.98. The average Bonchev–Trinajstić information content (AvgIpc) is 2.21. The van der Waals surface area contributed by atoms with Gasteiger partial charge in [-0.25, -0.2) is 4.99 Å². The number of amidine groups is 1. The quantitative estimate of drug-likeness (QED) is 0.468. The van der Waals surface area contributed by atoms with E-state index in [1.165, 1.54) is 0 Å². The van der Waals surface area contributed by atoms with Crippen molar-refractivity contribution in [2.75, 3.05) is 7.05 Å². The van der Waals surface area contributed by atoms with Crippen LogP contribution in [-0.2, 0) is 0 Å². The number of nitriles is 1. The van der Waals surface area contributed by atoms with E-state index in [0.29, 0.717) is 11.4 Å². The van der Waals surface area contributed by atoms with Crippen molar-refractivity contribution in [2.45, 2.75) is 0 Å². The number of nitrogens with zero attached hydrogens (tertiary/aromatic N) is 3. The van der Waals surface area contributed by atoms with Crippen LogP contribution < -0.4 is 0 Å². The summed E-state index contributed by atoms with van der Waals surface area (Å²) >= 11 is 0. The molecule has 0 saturated carbocycles. The molecule has 0 radical (unpaired) electrons. The minimum Gasteiger partial charge on any atom is -0.270 e. The molecule has 0 bridgehead atoms. The van der Waals surface area contributed by atoms with E-state index in [-0.39, 0.29) is 0 Å². The van der Waals surface area contributed by atoms with Crippen molar-refractivity contribution in [1.29, 1.82) is 5.26 Å². The maximum absolute atomic E-state index is 8.57. The molecule has 1 aromatic rings. The van der Waals surface area contributed by atoms with Crippen LogP contribution in [0.5, 0.6) is 0 Å². The summed E-state index contributed by atoms with van der Waals surface area (Å²) in [5.74, 6) is 0.587. The van der Waals surface area contributed by atoms with E-state index in [1.807, 2.05) is 6.07 Å². The highest BCUT2D eigenvalue weighted by Gasteiger charge is 1.98. The van der Waals surface area contributed by atoms with Crippen LogP contribution >= 0.6 is 0 Å². The van der Waals surface area contributed by atoms with Crippen LogP contribution in [0.3, 0.4) is 0 Å². The molecular weight excluding hydrogens is 162 g/mol. The lowest BCUT2D eigenvalue weighted by Crippen LogP contribution is -1.95. The van der Waals surface area contributed by atoms with E-state index >= 15 is 0 Å². The Kier molecular flexibility index (Phi) is 2.93. The summed E-state index contributed by atoms with van der Waals surface area (Å²) in [7, 11) is 1.65. The third-order valence-corrected chi connectivity index (χ3v) is 1.63. The number of hydrogen-bond acceptors (Lipinski definition) is 2. The normalized spacial score (nSPS) is 10.6. The molecule has 0 aliphatic carbocycles. The maximum Gasteiger partial charge on any atom is 0.153 e. The lowest BCUT2D eigenvalue weighted by atomic mass is 10.1. The molecule has 3 heteroatoms. The Hall–Kier alpha value is -1.95. The van der Waals surface area contributed by atoms with Gasteiger partial charge in [0.25, 0.3) is 0 Å². The molecule has 0 atom stereocenters. The first-order valence-corrected chi connectivity index (χ1v) is 3.76. The second-order valence-electron chi connectivity index (χ2n) is 2.39. The van der Waals surface area contributed by atoms with Gasteiger partial charge in [0, 0.05) is 12.6 Å². The molecule has 1 aromatic carbocycles. The Morgan fingerprint density at radius 2 is 2.00 bits per heavy atom. The van der Waals surface area contributed by atoms with Gasteiger partial charge in [-0.1, -0.05) is 0 Å². The third kappa shape index (κ3) is 2.00. The SMILES string of the molecule is C=NC(=NC)c1ccc(C#N)cc1. The molecule has 0 amide bonds. The Bertz CT molecular complexity index is 368. The van der Waals surface area contributed by atoms with Gasteiger partial charge in [-0.2, -0.15) is 5.26 Å². The second-order valence-corrected chi connectivity index (χ2v) is 2.39. The van der Waals surface area contributed by atoms with Crippen molar-refractivity contribution in [3.8, 4) is 6.07 Å². The highest BCUT2D eigenvalue weighted by molar-refractivity contribution is 6.01. The molecule has 0 aliphatic heterocycles. The minimum atomic E-state index is 0.587. The van der Waals surface area contributed by atoms with Crippen LogP contribution in [0.4, 0.5) is 0 Å². The van der Waals surface area contributed by atoms with Gasteiger partial charge in [0.05, 0.1) is 11.6 Å². The van der Waals surface area contributed by atoms with Crippen LogP contribution in [0.25, 0.3) is 0 Å². The van der Waals surface area contributed by atoms with Crippen LogP contribution in [0, 0.1) is 11.3 Å². The Balaban J connectivity index is 3.06. The maximum atomic E-state index is 8.57. The van der Waals surface area contributed by atoms with Crippen molar-refractivity contribution < 1.29 is 0 Å². The van der Waals surface area contributed by atoms with E-state index < -0.39 is 0 Å². The molecule has 0 aliphatic rings. The summed E-state index contributed by atoms with van der Waals surface area (Å²) in [5.41, 5.74) is 1.50. The zero-order chi connectivity index (χ0) is 9.68. The number of rotatable bonds is 1. The molecule has 0 fully saturated rings. The molecule has 0 spiro atoms. The fourth-order valence-corrected chi connectivity index (χ4v) is 0.985. The smallest absolute Gasteiger partial charge is 0.153 e. The highest BCUT2D eigenvalue weighted by Crippen LogP contribution is 2.05. The molecule has 0 unspecified atom stereocenters. The fraction of sp³-hybridized carbons (Fsp3) is 0.100. The molecule has 0 heterocycles. The Morgan fingerprint density at radius 3 is 2.38 bits per heavy atom. The van der Waals surface area contributed by atoms with E-state index in [9.17, 15) is 0 Å². The summed E-state index contributed by atoms with van der Waals surface area (Å²) in [5, 5.41) is 8.57. The van der Waals surface area contributed by atoms with Crippen LogP contribution in [-0.4, -0.2) is 19.6 Å². The topological polar surface area (TPSA) is 48.5 Å². The third-order valence-electron chi connectivity index (χ3n) is 1.63. The largest absolute Gasteiger partial charge is 0.270 e. The van der Waals surface area contributed by atoms with Gasteiger partial charge < -0.3 is 0 Å². The lowest BCUT2D eigenvalue weighted by molar-refractivity contribution is 1.39. The van der Waals surface area contributed by atoms with Gasteiger partial charge in [0.15, 0.2) is 5.84 Å². The molecular formula is C10H9N3. The summed E-state index contributed by atoms with van der Waals surface area (Å²) in [4.78, 5) is 7.69. The summed E-state index contributed by atoms with van der Waals surface area (Å²) in [6.45, 7) is 3.41. The van der Waals surface area contributed by atoms with Crippen molar-refractivity contribution in [1.82, 2.24) is 0 Å². The second kappa shape index (κ2) is 4.17. The monoisotopic (exact) mass is 171 g/mol. The van der Waals surface area contributed by atoms with E-state index in [0.717, 1.165) is 5.56 Å². The summed E-state index contributed by atoms with van der Waals surface area (Å²) < 4.78 is 0. The Labute approximate surface area is 77.1 Å². The zero-order valence-electron chi connectivity index (χ0n) is 7.36. The van der Waals surface area contributed by atoms with Crippen LogP contribution in [0.15, 0.2) is 34.3 Å². The molecule has 1 rings (SSSR count). The van der Waals surface area contributed by atoms with Gasteiger partial charge in [0.1, 0.15) is 0 Å².